The summed E-state index contributed by atoms with van der Waals surface area (Å²) in [6.45, 7) is 0. The molecule has 1 aromatic carbocycles. The third-order valence-electron chi connectivity index (χ3n) is 5.84. The molecular weight excluding hydrogens is 315 g/mol. The molecule has 5 heteroatoms. The number of ether oxygens (including phenoxy) is 1. The number of rotatable bonds is 3. The topological polar surface area (TPSA) is 35.2 Å². The highest BCUT2D eigenvalue weighted by atomic mass is 19.4. The van der Waals surface area contributed by atoms with E-state index in [1.54, 1.807) is 12.1 Å². The summed E-state index contributed by atoms with van der Waals surface area (Å²) < 4.78 is 40.6. The molecule has 2 fully saturated rings. The van der Waals surface area contributed by atoms with Crippen LogP contribution in [-0.2, 0) is 0 Å². The molecule has 24 heavy (non-hydrogen) atoms. The van der Waals surface area contributed by atoms with Crippen molar-refractivity contribution >= 4 is 0 Å². The second-order valence-electron chi connectivity index (χ2n) is 7.40. The minimum atomic E-state index is -4.62. The fourth-order valence-corrected chi connectivity index (χ4v) is 4.48. The first-order chi connectivity index (χ1) is 11.4. The van der Waals surface area contributed by atoms with Crippen LogP contribution >= 0.6 is 0 Å². The van der Waals surface area contributed by atoms with Crippen molar-refractivity contribution in [2.24, 2.45) is 17.6 Å². The van der Waals surface area contributed by atoms with Gasteiger partial charge in [0.05, 0.1) is 0 Å². The van der Waals surface area contributed by atoms with Gasteiger partial charge in [0.15, 0.2) is 0 Å². The van der Waals surface area contributed by atoms with Gasteiger partial charge < -0.3 is 10.5 Å². The van der Waals surface area contributed by atoms with Crippen molar-refractivity contribution in [1.29, 1.82) is 0 Å². The van der Waals surface area contributed by atoms with E-state index in [-0.39, 0.29) is 5.75 Å². The average Bonchev–Trinajstić information content (AvgIpc) is 2.55. The Labute approximate surface area is 141 Å². The minimum absolute atomic E-state index is 0.140. The maximum Gasteiger partial charge on any atom is 0.573 e. The Morgan fingerprint density at radius 1 is 0.792 bits per heavy atom. The van der Waals surface area contributed by atoms with Crippen LogP contribution in [0.3, 0.4) is 0 Å². The fourth-order valence-electron chi connectivity index (χ4n) is 4.48. The maximum atomic E-state index is 12.2. The van der Waals surface area contributed by atoms with E-state index in [9.17, 15) is 13.2 Å². The summed E-state index contributed by atoms with van der Waals surface area (Å²) in [7, 11) is 0. The highest BCUT2D eigenvalue weighted by Gasteiger charge is 2.32. The van der Waals surface area contributed by atoms with Gasteiger partial charge in [-0.05, 0) is 86.8 Å². The van der Waals surface area contributed by atoms with Crippen LogP contribution in [0.2, 0.25) is 0 Å². The van der Waals surface area contributed by atoms with E-state index in [1.807, 2.05) is 0 Å². The molecule has 2 nitrogen and oxygen atoms in total. The lowest BCUT2D eigenvalue weighted by Gasteiger charge is -2.37. The zero-order valence-electron chi connectivity index (χ0n) is 13.9. The first-order valence-electron chi connectivity index (χ1n) is 9.02. The van der Waals surface area contributed by atoms with E-state index in [1.165, 1.54) is 37.8 Å². The molecule has 0 heterocycles. The van der Waals surface area contributed by atoms with Crippen molar-refractivity contribution in [2.45, 2.75) is 69.7 Å². The molecule has 2 aliphatic rings. The van der Waals surface area contributed by atoms with Crippen molar-refractivity contribution in [1.82, 2.24) is 0 Å². The summed E-state index contributed by atoms with van der Waals surface area (Å²) in [5.74, 6) is 1.96. The number of halogens is 3. The van der Waals surface area contributed by atoms with Gasteiger partial charge in [0.25, 0.3) is 0 Å². The SMILES string of the molecule is NC1CCC(C2CCC(c3ccc(OC(F)(F)F)cc3)CC2)CC1. The molecule has 2 N–H and O–H groups in total. The van der Waals surface area contributed by atoms with E-state index in [2.05, 4.69) is 4.74 Å². The Balaban J connectivity index is 1.51. The molecule has 0 spiro atoms. The number of alkyl halides is 3. The summed E-state index contributed by atoms with van der Waals surface area (Å²) in [5.41, 5.74) is 7.13. The van der Waals surface area contributed by atoms with Crippen molar-refractivity contribution in [2.75, 3.05) is 0 Å². The Morgan fingerprint density at radius 3 is 1.79 bits per heavy atom. The van der Waals surface area contributed by atoms with E-state index in [0.717, 1.165) is 43.1 Å². The highest BCUT2D eigenvalue weighted by Crippen LogP contribution is 2.43. The van der Waals surface area contributed by atoms with Crippen molar-refractivity contribution in [3.63, 3.8) is 0 Å². The summed E-state index contributed by atoms with van der Waals surface area (Å²) in [6.07, 6.45) is 4.94. The molecule has 0 radical (unpaired) electrons. The molecule has 0 saturated heterocycles. The second kappa shape index (κ2) is 7.34. The standard InChI is InChI=1S/C19H26F3NO/c20-19(21,22)24-18-11-7-16(8-12-18)14-3-1-13(2-4-14)15-5-9-17(23)10-6-15/h7-8,11-15,17H,1-6,9-10,23H2. The Morgan fingerprint density at radius 2 is 1.29 bits per heavy atom. The van der Waals surface area contributed by atoms with E-state index in [0.29, 0.717) is 12.0 Å². The molecule has 0 aliphatic heterocycles. The van der Waals surface area contributed by atoms with Crippen LogP contribution in [-0.4, -0.2) is 12.4 Å². The summed E-state index contributed by atoms with van der Waals surface area (Å²) in [4.78, 5) is 0. The quantitative estimate of drug-likeness (QED) is 0.801. The van der Waals surface area contributed by atoms with E-state index in [4.69, 9.17) is 5.73 Å². The number of nitrogens with two attached hydrogens (primary N) is 1. The van der Waals surface area contributed by atoms with Gasteiger partial charge in [-0.15, -0.1) is 13.2 Å². The molecule has 1 aromatic rings. The zero-order valence-corrected chi connectivity index (χ0v) is 13.9. The minimum Gasteiger partial charge on any atom is -0.406 e. The number of hydrogen-bond acceptors (Lipinski definition) is 2. The lowest BCUT2D eigenvalue weighted by molar-refractivity contribution is -0.274. The largest absolute Gasteiger partial charge is 0.573 e. The normalized spacial score (nSPS) is 31.7. The van der Waals surface area contributed by atoms with Gasteiger partial charge in [0, 0.05) is 6.04 Å². The lowest BCUT2D eigenvalue weighted by Crippen LogP contribution is -2.31. The first kappa shape index (κ1) is 17.6. The first-order valence-corrected chi connectivity index (χ1v) is 9.02. The van der Waals surface area contributed by atoms with Crippen LogP contribution in [0, 0.1) is 11.8 Å². The molecule has 2 aliphatic carbocycles. The Kier molecular flexibility index (Phi) is 5.38. The zero-order chi connectivity index (χ0) is 17.2. The van der Waals surface area contributed by atoms with Crippen LogP contribution in [0.15, 0.2) is 24.3 Å². The van der Waals surface area contributed by atoms with Crippen molar-refractivity contribution in [3.8, 4) is 5.75 Å². The summed E-state index contributed by atoms with van der Waals surface area (Å²) in [6, 6.07) is 6.82. The third kappa shape index (κ3) is 4.65. The van der Waals surface area contributed by atoms with Gasteiger partial charge in [-0.25, -0.2) is 0 Å². The molecule has 0 aromatic heterocycles. The molecule has 0 atom stereocenters. The second-order valence-corrected chi connectivity index (χ2v) is 7.40. The molecular formula is C19H26F3NO. The summed E-state index contributed by atoms with van der Waals surface area (Å²) in [5, 5.41) is 0. The van der Waals surface area contributed by atoms with Gasteiger partial charge in [0.1, 0.15) is 5.75 Å². The van der Waals surface area contributed by atoms with Gasteiger partial charge in [-0.1, -0.05) is 12.1 Å². The lowest BCUT2D eigenvalue weighted by atomic mass is 9.69. The van der Waals surface area contributed by atoms with Crippen LogP contribution < -0.4 is 10.5 Å². The molecule has 134 valence electrons. The summed E-state index contributed by atoms with van der Waals surface area (Å²) >= 11 is 0. The van der Waals surface area contributed by atoms with Crippen LogP contribution in [0.5, 0.6) is 5.75 Å². The maximum absolute atomic E-state index is 12.2. The molecule has 2 saturated carbocycles. The molecule has 3 rings (SSSR count). The smallest absolute Gasteiger partial charge is 0.406 e. The monoisotopic (exact) mass is 341 g/mol. The Bertz CT molecular complexity index is 512. The predicted octanol–water partition coefficient (Wildman–Crippen LogP) is 5.38. The number of benzene rings is 1. The van der Waals surface area contributed by atoms with Crippen molar-refractivity contribution in [3.05, 3.63) is 29.8 Å². The number of hydrogen-bond donors (Lipinski definition) is 1. The van der Waals surface area contributed by atoms with Crippen LogP contribution in [0.25, 0.3) is 0 Å². The molecule has 0 bridgehead atoms. The molecule has 0 amide bonds. The fraction of sp³-hybridized carbons (Fsp3) is 0.684. The van der Waals surface area contributed by atoms with Crippen LogP contribution in [0.1, 0.15) is 62.8 Å². The molecule has 0 unspecified atom stereocenters. The van der Waals surface area contributed by atoms with Crippen LogP contribution in [0.4, 0.5) is 13.2 Å². The highest BCUT2D eigenvalue weighted by molar-refractivity contribution is 5.29. The average molecular weight is 341 g/mol. The van der Waals surface area contributed by atoms with Gasteiger partial charge in [-0.2, -0.15) is 0 Å². The van der Waals surface area contributed by atoms with Gasteiger partial charge in [-0.3, -0.25) is 0 Å². The van der Waals surface area contributed by atoms with Gasteiger partial charge in [0.2, 0.25) is 0 Å². The van der Waals surface area contributed by atoms with Gasteiger partial charge >= 0.3 is 6.36 Å². The Hall–Kier alpha value is -1.23. The van der Waals surface area contributed by atoms with E-state index < -0.39 is 6.36 Å². The van der Waals surface area contributed by atoms with E-state index >= 15 is 0 Å². The predicted molar refractivity (Wildman–Crippen MR) is 87.8 cm³/mol. The third-order valence-corrected chi connectivity index (χ3v) is 5.84. The van der Waals surface area contributed by atoms with Crippen molar-refractivity contribution < 1.29 is 17.9 Å².